The van der Waals surface area contributed by atoms with Gasteiger partial charge < -0.3 is 14.8 Å². The predicted octanol–water partition coefficient (Wildman–Crippen LogP) is 2.90. The number of hydrogen-bond donors (Lipinski definition) is 2. The summed E-state index contributed by atoms with van der Waals surface area (Å²) in [4.78, 5) is 28.8. The summed E-state index contributed by atoms with van der Waals surface area (Å²) < 4.78 is 0. The molecule has 1 aliphatic rings. The first-order chi connectivity index (χ1) is 15.4. The Hall–Kier alpha value is -3.53. The predicted molar refractivity (Wildman–Crippen MR) is 121 cm³/mol. The number of pyridine rings is 2. The van der Waals surface area contributed by atoms with E-state index in [0.717, 1.165) is 22.3 Å². The number of halogens is 1. The van der Waals surface area contributed by atoms with E-state index >= 15 is 0 Å². The van der Waals surface area contributed by atoms with Crippen LogP contribution in [0.4, 0.5) is 5.82 Å². The fourth-order valence-corrected chi connectivity index (χ4v) is 4.75. The van der Waals surface area contributed by atoms with Crippen molar-refractivity contribution in [2.24, 2.45) is 0 Å². The summed E-state index contributed by atoms with van der Waals surface area (Å²) in [5.74, 6) is 1.36. The number of tetrazole rings is 1. The van der Waals surface area contributed by atoms with Crippen LogP contribution in [0.5, 0.6) is 0 Å². The number of carbonyl (C=O) groups is 1. The lowest BCUT2D eigenvalue weighted by Crippen LogP contribution is -2.58. The summed E-state index contributed by atoms with van der Waals surface area (Å²) >= 11 is 6.22. The number of piperazine rings is 1. The van der Waals surface area contributed by atoms with E-state index in [1.165, 1.54) is 0 Å². The monoisotopic (exact) mass is 451 g/mol. The van der Waals surface area contributed by atoms with Crippen molar-refractivity contribution in [1.29, 1.82) is 0 Å². The van der Waals surface area contributed by atoms with E-state index in [1.807, 2.05) is 29.3 Å². The summed E-state index contributed by atoms with van der Waals surface area (Å²) in [6.45, 7) is 7.13. The summed E-state index contributed by atoms with van der Waals surface area (Å²) in [6, 6.07) is 5.92. The molecule has 11 heteroatoms. The van der Waals surface area contributed by atoms with Gasteiger partial charge in [-0.25, -0.2) is 9.97 Å². The van der Waals surface area contributed by atoms with Gasteiger partial charge in [-0.1, -0.05) is 11.6 Å². The molecule has 4 aromatic rings. The molecule has 164 valence electrons. The SMILES string of the molecule is CC(=O)N1[C@H](C)CN(c2ccc(-c3nn[nH]n3)c(-c3c[nH]c4ncc(Cl)cc34)n2)C[C@@H]1C. The molecule has 0 aromatic carbocycles. The second-order valence-corrected chi connectivity index (χ2v) is 8.52. The topological polar surface area (TPSA) is 120 Å². The van der Waals surface area contributed by atoms with E-state index in [9.17, 15) is 4.79 Å². The molecule has 0 unspecified atom stereocenters. The molecule has 0 spiro atoms. The number of nitrogens with zero attached hydrogens (tertiary/aromatic N) is 7. The van der Waals surface area contributed by atoms with Crippen molar-refractivity contribution in [3.63, 3.8) is 0 Å². The molecular weight excluding hydrogens is 430 g/mol. The van der Waals surface area contributed by atoms with E-state index in [4.69, 9.17) is 16.6 Å². The molecule has 0 bridgehead atoms. The average Bonchev–Trinajstić information content (AvgIpc) is 3.42. The highest BCUT2D eigenvalue weighted by Gasteiger charge is 2.32. The van der Waals surface area contributed by atoms with Crippen LogP contribution in [0.15, 0.2) is 30.6 Å². The Labute approximate surface area is 189 Å². The fourth-order valence-electron chi connectivity index (χ4n) is 4.59. The van der Waals surface area contributed by atoms with Gasteiger partial charge in [0, 0.05) is 61.0 Å². The van der Waals surface area contributed by atoms with Crippen molar-refractivity contribution in [2.45, 2.75) is 32.9 Å². The molecule has 1 saturated heterocycles. The Morgan fingerprint density at radius 2 is 1.97 bits per heavy atom. The molecule has 5 rings (SSSR count). The van der Waals surface area contributed by atoms with Gasteiger partial charge in [-0.05, 0) is 37.3 Å². The minimum Gasteiger partial charge on any atom is -0.352 e. The van der Waals surface area contributed by atoms with Gasteiger partial charge >= 0.3 is 0 Å². The standard InChI is InChI=1S/C21H22ClN9O/c1-11-9-30(10-12(2)31(11)13(3)32)18-5-4-15(21-26-28-29-27-21)19(25-18)17-8-24-20-16(17)6-14(22)7-23-20/h4-8,11-12H,9-10H2,1-3H3,(H,23,24)(H,26,27,28,29)/t11-,12+. The number of anilines is 1. The Bertz CT molecular complexity index is 1270. The number of hydrogen-bond acceptors (Lipinski definition) is 7. The number of aromatic amines is 2. The number of carbonyl (C=O) groups excluding carboxylic acids is 1. The Morgan fingerprint density at radius 3 is 2.66 bits per heavy atom. The van der Waals surface area contributed by atoms with Gasteiger partial charge in [-0.3, -0.25) is 4.79 Å². The molecule has 0 radical (unpaired) electrons. The van der Waals surface area contributed by atoms with Crippen molar-refractivity contribution >= 4 is 34.4 Å². The quantitative estimate of drug-likeness (QED) is 0.491. The van der Waals surface area contributed by atoms with E-state index in [-0.39, 0.29) is 18.0 Å². The Kier molecular flexibility index (Phi) is 5.01. The van der Waals surface area contributed by atoms with Crippen LogP contribution in [-0.4, -0.2) is 71.6 Å². The molecule has 32 heavy (non-hydrogen) atoms. The highest BCUT2D eigenvalue weighted by molar-refractivity contribution is 6.31. The minimum absolute atomic E-state index is 0.0782. The molecule has 1 fully saturated rings. The maximum atomic E-state index is 12.0. The van der Waals surface area contributed by atoms with Crippen LogP contribution in [0.25, 0.3) is 33.7 Å². The molecule has 4 aromatic heterocycles. The second-order valence-electron chi connectivity index (χ2n) is 8.08. The van der Waals surface area contributed by atoms with Crippen molar-refractivity contribution in [3.05, 3.63) is 35.6 Å². The summed E-state index contributed by atoms with van der Waals surface area (Å²) in [7, 11) is 0. The summed E-state index contributed by atoms with van der Waals surface area (Å²) in [5, 5.41) is 15.9. The third-order valence-corrected chi connectivity index (χ3v) is 6.03. The Morgan fingerprint density at radius 1 is 1.19 bits per heavy atom. The number of nitrogens with one attached hydrogen (secondary N) is 2. The van der Waals surface area contributed by atoms with E-state index in [1.54, 1.807) is 13.1 Å². The lowest BCUT2D eigenvalue weighted by Gasteiger charge is -2.44. The first-order valence-corrected chi connectivity index (χ1v) is 10.7. The number of H-pyrrole nitrogens is 2. The minimum atomic E-state index is 0.0782. The second kappa shape index (κ2) is 7.86. The zero-order chi connectivity index (χ0) is 22.4. The lowest BCUT2D eigenvalue weighted by molar-refractivity contribution is -0.133. The zero-order valence-electron chi connectivity index (χ0n) is 17.9. The molecule has 5 heterocycles. The zero-order valence-corrected chi connectivity index (χ0v) is 18.6. The number of aromatic nitrogens is 7. The molecule has 10 nitrogen and oxygen atoms in total. The van der Waals surface area contributed by atoms with Gasteiger partial charge in [-0.15, -0.1) is 10.2 Å². The van der Waals surface area contributed by atoms with Crippen LogP contribution in [0, 0.1) is 0 Å². The molecule has 0 saturated carbocycles. The summed E-state index contributed by atoms with van der Waals surface area (Å²) in [5.41, 5.74) is 3.01. The van der Waals surface area contributed by atoms with Crippen LogP contribution >= 0.6 is 11.6 Å². The van der Waals surface area contributed by atoms with E-state index < -0.39 is 0 Å². The highest BCUT2D eigenvalue weighted by Crippen LogP contribution is 2.36. The Balaban J connectivity index is 1.62. The first kappa shape index (κ1) is 20.4. The maximum absolute atomic E-state index is 12.0. The smallest absolute Gasteiger partial charge is 0.220 e. The van der Waals surface area contributed by atoms with Crippen molar-refractivity contribution in [1.82, 2.24) is 40.5 Å². The van der Waals surface area contributed by atoms with Crippen LogP contribution in [0.1, 0.15) is 20.8 Å². The molecule has 0 aliphatic carbocycles. The largest absolute Gasteiger partial charge is 0.352 e. The third kappa shape index (κ3) is 3.46. The summed E-state index contributed by atoms with van der Waals surface area (Å²) in [6.07, 6.45) is 3.47. The molecule has 2 atom stereocenters. The number of rotatable bonds is 3. The molecule has 1 amide bonds. The highest BCUT2D eigenvalue weighted by atomic mass is 35.5. The fraction of sp³-hybridized carbons (Fsp3) is 0.333. The lowest BCUT2D eigenvalue weighted by atomic mass is 10.0. The van der Waals surface area contributed by atoms with Gasteiger partial charge in [0.25, 0.3) is 0 Å². The van der Waals surface area contributed by atoms with E-state index in [2.05, 4.69) is 49.3 Å². The van der Waals surface area contributed by atoms with Gasteiger partial charge in [0.1, 0.15) is 11.5 Å². The molecular formula is C21H22ClN9O. The average molecular weight is 452 g/mol. The van der Waals surface area contributed by atoms with Gasteiger partial charge in [0.2, 0.25) is 11.7 Å². The number of amides is 1. The van der Waals surface area contributed by atoms with Gasteiger partial charge in [-0.2, -0.15) is 5.21 Å². The van der Waals surface area contributed by atoms with Crippen LogP contribution in [-0.2, 0) is 4.79 Å². The molecule has 2 N–H and O–H groups in total. The third-order valence-electron chi connectivity index (χ3n) is 5.83. The molecule has 1 aliphatic heterocycles. The first-order valence-electron chi connectivity index (χ1n) is 10.3. The van der Waals surface area contributed by atoms with Gasteiger partial charge in [0.15, 0.2) is 0 Å². The van der Waals surface area contributed by atoms with Crippen LogP contribution in [0.2, 0.25) is 5.02 Å². The van der Waals surface area contributed by atoms with E-state index in [0.29, 0.717) is 35.3 Å². The van der Waals surface area contributed by atoms with Crippen molar-refractivity contribution < 1.29 is 4.79 Å². The van der Waals surface area contributed by atoms with Crippen LogP contribution < -0.4 is 4.90 Å². The van der Waals surface area contributed by atoms with Crippen molar-refractivity contribution in [2.75, 3.05) is 18.0 Å². The van der Waals surface area contributed by atoms with Gasteiger partial charge in [0.05, 0.1) is 10.7 Å². The number of fused-ring (bicyclic) bond motifs is 1. The maximum Gasteiger partial charge on any atom is 0.220 e. The van der Waals surface area contributed by atoms with Crippen LogP contribution in [0.3, 0.4) is 0 Å². The van der Waals surface area contributed by atoms with Crippen molar-refractivity contribution in [3.8, 4) is 22.6 Å². The normalized spacial score (nSPS) is 19.0.